The number of alkyl halides is 2. The van der Waals surface area contributed by atoms with Crippen molar-refractivity contribution in [3.8, 4) is 5.88 Å². The summed E-state index contributed by atoms with van der Waals surface area (Å²) < 4.78 is 46.1. The highest BCUT2D eigenvalue weighted by atomic mass is 19.3. The fourth-order valence-corrected chi connectivity index (χ4v) is 3.25. The van der Waals surface area contributed by atoms with Crippen LogP contribution in [0.15, 0.2) is 30.6 Å². The maximum atomic E-state index is 14.5. The van der Waals surface area contributed by atoms with Gasteiger partial charge in [0.25, 0.3) is 5.92 Å². The number of nitrogens with one attached hydrogen (secondary N) is 3. The van der Waals surface area contributed by atoms with Crippen molar-refractivity contribution in [1.29, 1.82) is 0 Å². The molecule has 0 aliphatic carbocycles. The number of anilines is 3. The molecular formula is C19H19F3N6O2. The number of methoxy groups -OCH3 is 1. The number of ether oxygens (including phenoxy) is 1. The Bertz CT molecular complexity index is 1080. The van der Waals surface area contributed by atoms with Gasteiger partial charge in [0.2, 0.25) is 5.88 Å². The van der Waals surface area contributed by atoms with E-state index in [-0.39, 0.29) is 37.4 Å². The van der Waals surface area contributed by atoms with E-state index in [1.54, 1.807) is 18.3 Å². The molecule has 0 spiro atoms. The smallest absolute Gasteiger partial charge is 0.323 e. The molecule has 30 heavy (non-hydrogen) atoms. The summed E-state index contributed by atoms with van der Waals surface area (Å²) in [6, 6.07) is 3.93. The highest BCUT2D eigenvalue weighted by Crippen LogP contribution is 2.31. The van der Waals surface area contributed by atoms with Crippen molar-refractivity contribution in [3.63, 3.8) is 0 Å². The Morgan fingerprint density at radius 2 is 2.03 bits per heavy atom. The zero-order chi connectivity index (χ0) is 21.3. The molecule has 158 valence electrons. The van der Waals surface area contributed by atoms with Crippen LogP contribution in [0.5, 0.6) is 5.88 Å². The Morgan fingerprint density at radius 3 is 2.73 bits per heavy atom. The molecule has 2 amide bonds. The largest absolute Gasteiger partial charge is 0.481 e. The van der Waals surface area contributed by atoms with Crippen LogP contribution in [0.4, 0.5) is 35.2 Å². The Kier molecular flexibility index (Phi) is 5.10. The van der Waals surface area contributed by atoms with E-state index in [9.17, 15) is 18.0 Å². The lowest BCUT2D eigenvalue weighted by Gasteiger charge is -2.32. The molecule has 0 atom stereocenters. The van der Waals surface area contributed by atoms with E-state index in [1.165, 1.54) is 18.2 Å². The minimum Gasteiger partial charge on any atom is -0.481 e. The zero-order valence-corrected chi connectivity index (χ0v) is 16.0. The molecule has 1 fully saturated rings. The Morgan fingerprint density at radius 1 is 1.27 bits per heavy atom. The monoisotopic (exact) mass is 420 g/mol. The average Bonchev–Trinajstić information content (AvgIpc) is 3.10. The molecule has 0 radical (unpaired) electrons. The summed E-state index contributed by atoms with van der Waals surface area (Å²) >= 11 is 0. The van der Waals surface area contributed by atoms with Crippen LogP contribution < -0.4 is 20.3 Å². The number of carbonyl (C=O) groups excluding carboxylic acids is 1. The van der Waals surface area contributed by atoms with Crippen molar-refractivity contribution >= 4 is 34.3 Å². The van der Waals surface area contributed by atoms with Gasteiger partial charge in [-0.2, -0.15) is 0 Å². The normalized spacial score (nSPS) is 15.8. The standard InChI is InChI=1S/C19H19F3N6O2/c1-30-15-3-2-13-16(27-15)14(10-23-13)26-18(29)25-11-8-12(20)17(24-9-11)28-6-4-19(21,22)5-7-28/h2-3,8-10,23H,4-7H2,1H3,(H2,25,26,29). The Labute approximate surface area is 169 Å². The number of hydrogen-bond donors (Lipinski definition) is 3. The summed E-state index contributed by atoms with van der Waals surface area (Å²) in [6.07, 6.45) is 2.16. The molecular weight excluding hydrogens is 401 g/mol. The number of aromatic amines is 1. The van der Waals surface area contributed by atoms with Crippen molar-refractivity contribution in [2.75, 3.05) is 35.7 Å². The van der Waals surface area contributed by atoms with Gasteiger partial charge in [-0.3, -0.25) is 0 Å². The number of pyridine rings is 2. The second kappa shape index (κ2) is 7.73. The lowest BCUT2D eigenvalue weighted by atomic mass is 10.1. The average molecular weight is 420 g/mol. The maximum absolute atomic E-state index is 14.5. The number of halogens is 3. The third-order valence-electron chi connectivity index (χ3n) is 4.83. The maximum Gasteiger partial charge on any atom is 0.323 e. The summed E-state index contributed by atoms with van der Waals surface area (Å²) in [5, 5.41) is 5.12. The number of nitrogens with zero attached hydrogens (tertiary/aromatic N) is 3. The first-order valence-corrected chi connectivity index (χ1v) is 9.23. The van der Waals surface area contributed by atoms with E-state index >= 15 is 0 Å². The highest BCUT2D eigenvalue weighted by Gasteiger charge is 2.35. The van der Waals surface area contributed by atoms with Crippen LogP contribution in [0.3, 0.4) is 0 Å². The Hall–Kier alpha value is -3.50. The second-order valence-corrected chi connectivity index (χ2v) is 6.90. The number of hydrogen-bond acceptors (Lipinski definition) is 5. The summed E-state index contributed by atoms with van der Waals surface area (Å²) in [6.45, 7) is 0.0302. The first-order chi connectivity index (χ1) is 14.3. The van der Waals surface area contributed by atoms with Gasteiger partial charge >= 0.3 is 6.03 Å². The Balaban J connectivity index is 1.43. The molecule has 1 aliphatic heterocycles. The molecule has 1 saturated heterocycles. The summed E-state index contributed by atoms with van der Waals surface area (Å²) in [5.74, 6) is -3.04. The van der Waals surface area contributed by atoms with Crippen molar-refractivity contribution in [1.82, 2.24) is 15.0 Å². The van der Waals surface area contributed by atoms with Crippen LogP contribution in [0.25, 0.3) is 11.0 Å². The van der Waals surface area contributed by atoms with Crippen molar-refractivity contribution < 1.29 is 22.7 Å². The van der Waals surface area contributed by atoms with Gasteiger partial charge < -0.3 is 25.3 Å². The molecule has 0 bridgehead atoms. The third-order valence-corrected chi connectivity index (χ3v) is 4.83. The molecule has 4 heterocycles. The number of amides is 2. The van der Waals surface area contributed by atoms with Crippen molar-refractivity contribution in [2.24, 2.45) is 0 Å². The van der Waals surface area contributed by atoms with Gasteiger partial charge in [-0.05, 0) is 6.07 Å². The number of H-pyrrole nitrogens is 1. The molecule has 0 unspecified atom stereocenters. The van der Waals surface area contributed by atoms with Gasteiger partial charge in [-0.1, -0.05) is 0 Å². The van der Waals surface area contributed by atoms with Crippen LogP contribution in [0.2, 0.25) is 0 Å². The molecule has 8 nitrogen and oxygen atoms in total. The number of aromatic nitrogens is 3. The van der Waals surface area contributed by atoms with Crippen LogP contribution in [-0.2, 0) is 0 Å². The number of urea groups is 1. The van der Waals surface area contributed by atoms with Crippen LogP contribution in [0.1, 0.15) is 12.8 Å². The molecule has 3 aromatic rings. The van der Waals surface area contributed by atoms with E-state index in [4.69, 9.17) is 4.74 Å². The summed E-state index contributed by atoms with van der Waals surface area (Å²) in [5.41, 5.74) is 1.75. The molecule has 0 aromatic carbocycles. The lowest BCUT2D eigenvalue weighted by molar-refractivity contribution is -0.0222. The van der Waals surface area contributed by atoms with Gasteiger partial charge in [-0.15, -0.1) is 0 Å². The predicted molar refractivity (Wildman–Crippen MR) is 106 cm³/mol. The van der Waals surface area contributed by atoms with E-state index in [1.807, 2.05) is 0 Å². The fourth-order valence-electron chi connectivity index (χ4n) is 3.25. The van der Waals surface area contributed by atoms with Crippen molar-refractivity contribution in [3.05, 3.63) is 36.4 Å². The SMILES string of the molecule is COc1ccc2[nH]cc(NC(=O)Nc3cnc(N4CCC(F)(F)CC4)c(F)c3)c2n1. The lowest BCUT2D eigenvalue weighted by Crippen LogP contribution is -2.40. The van der Waals surface area contributed by atoms with Gasteiger partial charge in [0, 0.05) is 44.3 Å². The molecule has 3 aromatic heterocycles. The minimum atomic E-state index is -2.73. The zero-order valence-electron chi connectivity index (χ0n) is 16.0. The fraction of sp³-hybridized carbons (Fsp3) is 0.316. The number of carbonyl (C=O) groups is 1. The predicted octanol–water partition coefficient (Wildman–Crippen LogP) is 3.99. The van der Waals surface area contributed by atoms with Crippen LogP contribution in [-0.4, -0.2) is 47.1 Å². The van der Waals surface area contributed by atoms with Gasteiger partial charge in [0.05, 0.1) is 30.2 Å². The van der Waals surface area contributed by atoms with Gasteiger partial charge in [0.1, 0.15) is 5.52 Å². The second-order valence-electron chi connectivity index (χ2n) is 6.90. The van der Waals surface area contributed by atoms with E-state index in [2.05, 4.69) is 25.6 Å². The number of piperidine rings is 1. The van der Waals surface area contributed by atoms with Gasteiger partial charge in [-0.25, -0.2) is 27.9 Å². The quantitative estimate of drug-likeness (QED) is 0.593. The molecule has 11 heteroatoms. The first-order valence-electron chi connectivity index (χ1n) is 9.23. The molecule has 0 saturated carbocycles. The van der Waals surface area contributed by atoms with E-state index in [0.717, 1.165) is 6.07 Å². The molecule has 4 rings (SSSR count). The first kappa shape index (κ1) is 19.8. The number of rotatable bonds is 4. The van der Waals surface area contributed by atoms with E-state index in [0.29, 0.717) is 22.6 Å². The highest BCUT2D eigenvalue weighted by molar-refractivity contribution is 6.04. The summed E-state index contributed by atoms with van der Waals surface area (Å²) in [7, 11) is 1.49. The topological polar surface area (TPSA) is 95.2 Å². The van der Waals surface area contributed by atoms with Crippen LogP contribution in [0, 0.1) is 5.82 Å². The number of fused-ring (bicyclic) bond motifs is 1. The van der Waals surface area contributed by atoms with Gasteiger partial charge in [0.15, 0.2) is 11.6 Å². The summed E-state index contributed by atoms with van der Waals surface area (Å²) in [4.78, 5) is 25.0. The van der Waals surface area contributed by atoms with Crippen molar-refractivity contribution in [2.45, 2.75) is 18.8 Å². The molecule has 3 N–H and O–H groups in total. The minimum absolute atomic E-state index is 0.00983. The van der Waals surface area contributed by atoms with Crippen LogP contribution >= 0.6 is 0 Å². The molecule has 1 aliphatic rings. The third kappa shape index (κ3) is 4.09. The van der Waals surface area contributed by atoms with E-state index < -0.39 is 17.8 Å².